The zero-order chi connectivity index (χ0) is 16.6. The number of nitrogens with zero attached hydrogens (tertiary/aromatic N) is 3. The van der Waals surface area contributed by atoms with E-state index in [1.807, 2.05) is 6.92 Å². The molecule has 2 heterocycles. The number of aromatic nitrogens is 2. The Morgan fingerprint density at radius 2 is 2.00 bits per heavy atom. The third kappa shape index (κ3) is 3.09. The maximum Gasteiger partial charge on any atom is 0.243 e. The third-order valence-corrected chi connectivity index (χ3v) is 5.72. The maximum absolute atomic E-state index is 13.3. The van der Waals surface area contributed by atoms with Crippen molar-refractivity contribution in [2.45, 2.75) is 24.2 Å². The highest BCUT2D eigenvalue weighted by Crippen LogP contribution is 2.29. The van der Waals surface area contributed by atoms with Crippen LogP contribution in [0, 0.1) is 18.6 Å². The van der Waals surface area contributed by atoms with Gasteiger partial charge in [0.15, 0.2) is 11.6 Å². The molecule has 3 rings (SSSR count). The second-order valence-electron chi connectivity index (χ2n) is 5.48. The molecular formula is C15H15F2N3O2S. The molecule has 0 bridgehead atoms. The summed E-state index contributed by atoms with van der Waals surface area (Å²) < 4.78 is 52.6. The van der Waals surface area contributed by atoms with E-state index in [9.17, 15) is 17.2 Å². The van der Waals surface area contributed by atoms with Gasteiger partial charge in [-0.15, -0.1) is 0 Å². The van der Waals surface area contributed by atoms with Gasteiger partial charge in [0, 0.05) is 30.9 Å². The van der Waals surface area contributed by atoms with Gasteiger partial charge in [0.25, 0.3) is 0 Å². The highest BCUT2D eigenvalue weighted by atomic mass is 32.2. The van der Waals surface area contributed by atoms with Crippen LogP contribution in [0.3, 0.4) is 0 Å². The average Bonchev–Trinajstić information content (AvgIpc) is 3.00. The van der Waals surface area contributed by atoms with Crippen molar-refractivity contribution in [3.8, 4) is 0 Å². The molecule has 5 nitrogen and oxygen atoms in total. The lowest BCUT2D eigenvalue weighted by Crippen LogP contribution is -2.29. The first-order valence-electron chi connectivity index (χ1n) is 7.12. The molecule has 1 aliphatic rings. The zero-order valence-electron chi connectivity index (χ0n) is 12.4. The van der Waals surface area contributed by atoms with Crippen molar-refractivity contribution in [2.24, 2.45) is 0 Å². The molecule has 0 saturated carbocycles. The first kappa shape index (κ1) is 15.9. The van der Waals surface area contributed by atoms with Crippen LogP contribution in [-0.4, -0.2) is 35.8 Å². The van der Waals surface area contributed by atoms with Gasteiger partial charge in [-0.2, -0.15) is 4.31 Å². The van der Waals surface area contributed by atoms with E-state index in [1.54, 1.807) is 12.3 Å². The fourth-order valence-corrected chi connectivity index (χ4v) is 4.12. The van der Waals surface area contributed by atoms with Gasteiger partial charge in [0.1, 0.15) is 5.82 Å². The molecule has 1 fully saturated rings. The lowest BCUT2D eigenvalue weighted by atomic mass is 10.1. The molecular weight excluding hydrogens is 324 g/mol. The Morgan fingerprint density at radius 3 is 2.70 bits per heavy atom. The maximum atomic E-state index is 13.3. The van der Waals surface area contributed by atoms with Gasteiger partial charge in [-0.1, -0.05) is 0 Å². The summed E-state index contributed by atoms with van der Waals surface area (Å²) in [6.45, 7) is 2.37. The third-order valence-electron chi connectivity index (χ3n) is 3.86. The molecule has 1 unspecified atom stereocenters. The molecule has 1 aromatic carbocycles. The summed E-state index contributed by atoms with van der Waals surface area (Å²) in [6, 6.07) is 4.37. The minimum Gasteiger partial charge on any atom is -0.241 e. The Balaban J connectivity index is 1.84. The minimum absolute atomic E-state index is 0.102. The lowest BCUT2D eigenvalue weighted by Gasteiger charge is -2.16. The Kier molecular flexibility index (Phi) is 4.11. The van der Waals surface area contributed by atoms with E-state index < -0.39 is 21.7 Å². The van der Waals surface area contributed by atoms with Crippen LogP contribution < -0.4 is 0 Å². The minimum atomic E-state index is -3.86. The number of halogens is 2. The van der Waals surface area contributed by atoms with Crippen LogP contribution in [-0.2, 0) is 10.0 Å². The topological polar surface area (TPSA) is 63.2 Å². The number of hydrogen-bond donors (Lipinski definition) is 0. The summed E-state index contributed by atoms with van der Waals surface area (Å²) >= 11 is 0. The van der Waals surface area contributed by atoms with Gasteiger partial charge in [-0.25, -0.2) is 27.2 Å². The molecule has 0 amide bonds. The molecule has 1 atom stereocenters. The van der Waals surface area contributed by atoms with Gasteiger partial charge in [-0.3, -0.25) is 0 Å². The standard InChI is InChI=1S/C15H15F2N3O2S/c1-10-4-6-18-15(19-10)11-5-7-20(9-11)23(21,22)12-2-3-13(16)14(17)8-12/h2-4,6,8,11H,5,7,9H2,1H3. The van der Waals surface area contributed by atoms with Gasteiger partial charge in [0.05, 0.1) is 4.90 Å². The van der Waals surface area contributed by atoms with Crippen molar-refractivity contribution in [3.63, 3.8) is 0 Å². The molecule has 23 heavy (non-hydrogen) atoms. The predicted molar refractivity (Wildman–Crippen MR) is 79.2 cm³/mol. The van der Waals surface area contributed by atoms with E-state index in [2.05, 4.69) is 9.97 Å². The number of hydrogen-bond acceptors (Lipinski definition) is 4. The first-order chi connectivity index (χ1) is 10.9. The van der Waals surface area contributed by atoms with Crippen LogP contribution in [0.15, 0.2) is 35.4 Å². The fourth-order valence-electron chi connectivity index (χ4n) is 2.61. The van der Waals surface area contributed by atoms with Gasteiger partial charge < -0.3 is 0 Å². The van der Waals surface area contributed by atoms with Gasteiger partial charge in [0.2, 0.25) is 10.0 Å². The van der Waals surface area contributed by atoms with Crippen LogP contribution in [0.5, 0.6) is 0 Å². The Bertz CT molecular complexity index is 842. The monoisotopic (exact) mass is 339 g/mol. The number of rotatable bonds is 3. The molecule has 1 aromatic heterocycles. The molecule has 1 saturated heterocycles. The van der Waals surface area contributed by atoms with Crippen LogP contribution in [0.25, 0.3) is 0 Å². The quantitative estimate of drug-likeness (QED) is 0.860. The van der Waals surface area contributed by atoms with Crippen LogP contribution in [0.4, 0.5) is 8.78 Å². The molecule has 2 aromatic rings. The molecule has 1 aliphatic heterocycles. The molecule has 0 N–H and O–H groups in total. The summed E-state index contributed by atoms with van der Waals surface area (Å²) in [6.07, 6.45) is 2.23. The van der Waals surface area contributed by atoms with Crippen molar-refractivity contribution in [2.75, 3.05) is 13.1 Å². The van der Waals surface area contributed by atoms with E-state index in [0.29, 0.717) is 24.9 Å². The number of aryl methyl sites for hydroxylation is 1. The highest BCUT2D eigenvalue weighted by Gasteiger charge is 2.34. The average molecular weight is 339 g/mol. The van der Waals surface area contributed by atoms with E-state index in [0.717, 1.165) is 17.8 Å². The summed E-state index contributed by atoms with van der Waals surface area (Å²) in [5.41, 5.74) is 0.817. The Hall–Kier alpha value is -1.93. The first-order valence-corrected chi connectivity index (χ1v) is 8.56. The Morgan fingerprint density at radius 1 is 1.22 bits per heavy atom. The van der Waals surface area contributed by atoms with Crippen molar-refractivity contribution < 1.29 is 17.2 Å². The summed E-state index contributed by atoms with van der Waals surface area (Å²) in [4.78, 5) is 8.27. The van der Waals surface area contributed by atoms with Gasteiger partial charge in [-0.05, 0) is 37.6 Å². The fraction of sp³-hybridized carbons (Fsp3) is 0.333. The summed E-state index contributed by atoms with van der Waals surface area (Å²) in [5, 5.41) is 0. The molecule has 122 valence electrons. The molecule has 8 heteroatoms. The van der Waals surface area contributed by atoms with Crippen molar-refractivity contribution in [1.82, 2.24) is 14.3 Å². The van der Waals surface area contributed by atoms with E-state index >= 15 is 0 Å². The van der Waals surface area contributed by atoms with Crippen LogP contribution in [0.1, 0.15) is 23.9 Å². The van der Waals surface area contributed by atoms with Gasteiger partial charge >= 0.3 is 0 Å². The zero-order valence-corrected chi connectivity index (χ0v) is 13.2. The highest BCUT2D eigenvalue weighted by molar-refractivity contribution is 7.89. The SMILES string of the molecule is Cc1ccnc(C2CCN(S(=O)(=O)c3ccc(F)c(F)c3)C2)n1. The Labute approximate surface area is 133 Å². The van der Waals surface area contributed by atoms with E-state index in [4.69, 9.17) is 0 Å². The second kappa shape index (κ2) is 5.93. The van der Waals surface area contributed by atoms with E-state index in [-0.39, 0.29) is 17.4 Å². The lowest BCUT2D eigenvalue weighted by molar-refractivity contribution is 0.467. The molecule has 0 aliphatic carbocycles. The van der Waals surface area contributed by atoms with E-state index in [1.165, 1.54) is 4.31 Å². The summed E-state index contributed by atoms with van der Waals surface area (Å²) in [7, 11) is -3.86. The van der Waals surface area contributed by atoms with Crippen molar-refractivity contribution >= 4 is 10.0 Å². The normalized spacial score (nSPS) is 19.2. The van der Waals surface area contributed by atoms with Crippen molar-refractivity contribution in [3.05, 3.63) is 53.6 Å². The van der Waals surface area contributed by atoms with Crippen LogP contribution in [0.2, 0.25) is 0 Å². The number of sulfonamides is 1. The summed E-state index contributed by atoms with van der Waals surface area (Å²) in [5.74, 6) is -1.75. The second-order valence-corrected chi connectivity index (χ2v) is 7.42. The largest absolute Gasteiger partial charge is 0.243 e. The molecule has 0 radical (unpaired) electrons. The van der Waals surface area contributed by atoms with Crippen LogP contribution >= 0.6 is 0 Å². The number of benzene rings is 1. The molecule has 0 spiro atoms. The smallest absolute Gasteiger partial charge is 0.241 e. The van der Waals surface area contributed by atoms with Crippen molar-refractivity contribution in [1.29, 1.82) is 0 Å². The predicted octanol–water partition coefficient (Wildman–Crippen LogP) is 2.24.